The lowest BCUT2D eigenvalue weighted by Crippen LogP contribution is -2.45. The number of rotatable bonds is 3. The molecule has 1 amide bonds. The molecule has 1 unspecified atom stereocenters. The number of piperidine rings is 1. The lowest BCUT2D eigenvalue weighted by molar-refractivity contribution is -0.133. The SMILES string of the molecule is CN(C(=O)CN1CCC(N)CC1)C1CCc2ccccc21. The average Bonchev–Trinajstić information content (AvgIpc) is 2.92. The van der Waals surface area contributed by atoms with E-state index in [4.69, 9.17) is 5.73 Å². The fourth-order valence-electron chi connectivity index (χ4n) is 3.52. The highest BCUT2D eigenvalue weighted by atomic mass is 16.2. The third-order valence-electron chi connectivity index (χ3n) is 4.95. The monoisotopic (exact) mass is 287 g/mol. The van der Waals surface area contributed by atoms with E-state index in [0.717, 1.165) is 38.8 Å². The van der Waals surface area contributed by atoms with Crippen molar-refractivity contribution in [2.75, 3.05) is 26.7 Å². The molecule has 1 heterocycles. The summed E-state index contributed by atoms with van der Waals surface area (Å²) in [6.45, 7) is 2.42. The summed E-state index contributed by atoms with van der Waals surface area (Å²) in [7, 11) is 1.95. The van der Waals surface area contributed by atoms with Gasteiger partial charge in [-0.05, 0) is 36.8 Å². The van der Waals surface area contributed by atoms with E-state index >= 15 is 0 Å². The van der Waals surface area contributed by atoms with Crippen molar-refractivity contribution in [2.24, 2.45) is 5.73 Å². The van der Waals surface area contributed by atoms with Gasteiger partial charge in [-0.15, -0.1) is 0 Å². The first-order valence-electron chi connectivity index (χ1n) is 7.96. The predicted molar refractivity (Wildman–Crippen MR) is 83.9 cm³/mol. The topological polar surface area (TPSA) is 49.6 Å². The second kappa shape index (κ2) is 6.16. The van der Waals surface area contributed by atoms with Gasteiger partial charge in [-0.2, -0.15) is 0 Å². The van der Waals surface area contributed by atoms with Gasteiger partial charge in [-0.25, -0.2) is 0 Å². The van der Waals surface area contributed by atoms with Gasteiger partial charge in [-0.3, -0.25) is 9.69 Å². The summed E-state index contributed by atoms with van der Waals surface area (Å²) in [6, 6.07) is 9.06. The van der Waals surface area contributed by atoms with Crippen molar-refractivity contribution in [3.63, 3.8) is 0 Å². The van der Waals surface area contributed by atoms with Crippen LogP contribution in [0.1, 0.15) is 36.4 Å². The number of likely N-dealkylation sites (N-methyl/N-ethyl adjacent to an activating group) is 1. The number of likely N-dealkylation sites (tertiary alicyclic amines) is 1. The Kier molecular flexibility index (Phi) is 4.27. The Morgan fingerprint density at radius 2 is 2.00 bits per heavy atom. The zero-order chi connectivity index (χ0) is 14.8. The number of benzene rings is 1. The number of hydrogen-bond donors (Lipinski definition) is 1. The molecule has 0 saturated carbocycles. The Morgan fingerprint density at radius 3 is 2.76 bits per heavy atom. The second-order valence-electron chi connectivity index (χ2n) is 6.37. The van der Waals surface area contributed by atoms with Crippen LogP contribution in [0.3, 0.4) is 0 Å². The van der Waals surface area contributed by atoms with Gasteiger partial charge in [0.25, 0.3) is 0 Å². The first-order chi connectivity index (χ1) is 10.1. The normalized spacial score (nSPS) is 23.0. The van der Waals surface area contributed by atoms with Crippen LogP contribution in [0.15, 0.2) is 24.3 Å². The van der Waals surface area contributed by atoms with Crippen LogP contribution in [0.5, 0.6) is 0 Å². The summed E-state index contributed by atoms with van der Waals surface area (Å²) in [4.78, 5) is 16.7. The van der Waals surface area contributed by atoms with E-state index in [9.17, 15) is 4.79 Å². The molecule has 0 aromatic heterocycles. The first-order valence-corrected chi connectivity index (χ1v) is 7.96. The molecule has 4 nitrogen and oxygen atoms in total. The molecule has 3 rings (SSSR count). The van der Waals surface area contributed by atoms with Gasteiger partial charge in [0.1, 0.15) is 0 Å². The van der Waals surface area contributed by atoms with Crippen LogP contribution in [0.2, 0.25) is 0 Å². The summed E-state index contributed by atoms with van der Waals surface area (Å²) in [6.07, 6.45) is 4.13. The Bertz CT molecular complexity index is 509. The highest BCUT2D eigenvalue weighted by Crippen LogP contribution is 2.34. The second-order valence-corrected chi connectivity index (χ2v) is 6.37. The molecule has 0 spiro atoms. The number of carbonyl (C=O) groups is 1. The van der Waals surface area contributed by atoms with E-state index in [-0.39, 0.29) is 11.9 Å². The minimum Gasteiger partial charge on any atom is -0.338 e. The van der Waals surface area contributed by atoms with E-state index in [1.165, 1.54) is 11.1 Å². The Morgan fingerprint density at radius 1 is 1.29 bits per heavy atom. The summed E-state index contributed by atoms with van der Waals surface area (Å²) < 4.78 is 0. The molecular weight excluding hydrogens is 262 g/mol. The van der Waals surface area contributed by atoms with E-state index in [1.807, 2.05) is 11.9 Å². The number of fused-ring (bicyclic) bond motifs is 1. The fraction of sp³-hybridized carbons (Fsp3) is 0.588. The van der Waals surface area contributed by atoms with E-state index in [0.29, 0.717) is 12.6 Å². The summed E-state index contributed by atoms with van der Waals surface area (Å²) >= 11 is 0. The van der Waals surface area contributed by atoms with E-state index in [1.54, 1.807) is 0 Å². The molecule has 0 radical (unpaired) electrons. The quantitative estimate of drug-likeness (QED) is 0.918. The average molecular weight is 287 g/mol. The van der Waals surface area contributed by atoms with Crippen LogP contribution in [-0.4, -0.2) is 48.4 Å². The van der Waals surface area contributed by atoms with Crippen molar-refractivity contribution in [1.29, 1.82) is 0 Å². The summed E-state index contributed by atoms with van der Waals surface area (Å²) in [5.74, 6) is 0.229. The zero-order valence-corrected chi connectivity index (χ0v) is 12.8. The number of nitrogens with zero attached hydrogens (tertiary/aromatic N) is 2. The summed E-state index contributed by atoms with van der Waals surface area (Å²) in [5.41, 5.74) is 8.64. The number of hydrogen-bond acceptors (Lipinski definition) is 3. The molecule has 114 valence electrons. The lowest BCUT2D eigenvalue weighted by Gasteiger charge is -2.32. The largest absolute Gasteiger partial charge is 0.338 e. The third kappa shape index (κ3) is 3.11. The van der Waals surface area contributed by atoms with Gasteiger partial charge in [0.2, 0.25) is 5.91 Å². The van der Waals surface area contributed by atoms with Gasteiger partial charge in [0.15, 0.2) is 0 Å². The van der Waals surface area contributed by atoms with Crippen molar-refractivity contribution in [1.82, 2.24) is 9.80 Å². The molecular formula is C17H25N3O. The van der Waals surface area contributed by atoms with Crippen LogP contribution in [0.4, 0.5) is 0 Å². The molecule has 1 aliphatic carbocycles. The molecule has 1 aromatic carbocycles. The van der Waals surface area contributed by atoms with E-state index < -0.39 is 0 Å². The molecule has 1 aliphatic heterocycles. The van der Waals surface area contributed by atoms with Crippen molar-refractivity contribution in [3.8, 4) is 0 Å². The van der Waals surface area contributed by atoms with Crippen LogP contribution >= 0.6 is 0 Å². The van der Waals surface area contributed by atoms with Crippen molar-refractivity contribution < 1.29 is 4.79 Å². The first kappa shape index (κ1) is 14.5. The Hall–Kier alpha value is -1.39. The van der Waals surface area contributed by atoms with Gasteiger partial charge < -0.3 is 10.6 Å². The van der Waals surface area contributed by atoms with Gasteiger partial charge >= 0.3 is 0 Å². The molecule has 1 fully saturated rings. The van der Waals surface area contributed by atoms with Crippen molar-refractivity contribution in [3.05, 3.63) is 35.4 Å². The number of amides is 1. The molecule has 2 N–H and O–H groups in total. The maximum atomic E-state index is 12.5. The van der Waals surface area contributed by atoms with Gasteiger partial charge in [-0.1, -0.05) is 24.3 Å². The predicted octanol–water partition coefficient (Wildman–Crippen LogP) is 1.56. The minimum absolute atomic E-state index is 0.229. The van der Waals surface area contributed by atoms with Gasteiger partial charge in [0.05, 0.1) is 12.6 Å². The van der Waals surface area contributed by atoms with Gasteiger partial charge in [0, 0.05) is 26.2 Å². The molecule has 21 heavy (non-hydrogen) atoms. The van der Waals surface area contributed by atoms with Crippen LogP contribution in [0, 0.1) is 0 Å². The fourth-order valence-corrected chi connectivity index (χ4v) is 3.52. The highest BCUT2D eigenvalue weighted by molar-refractivity contribution is 5.78. The maximum Gasteiger partial charge on any atom is 0.237 e. The van der Waals surface area contributed by atoms with Crippen molar-refractivity contribution >= 4 is 5.91 Å². The molecule has 1 aromatic rings. The maximum absolute atomic E-state index is 12.5. The van der Waals surface area contributed by atoms with Crippen LogP contribution in [0.25, 0.3) is 0 Å². The number of aryl methyl sites for hydroxylation is 1. The van der Waals surface area contributed by atoms with Crippen LogP contribution < -0.4 is 5.73 Å². The summed E-state index contributed by atoms with van der Waals surface area (Å²) in [5, 5.41) is 0. The molecule has 2 aliphatic rings. The van der Waals surface area contributed by atoms with E-state index in [2.05, 4.69) is 29.2 Å². The molecule has 1 atom stereocenters. The van der Waals surface area contributed by atoms with Crippen LogP contribution in [-0.2, 0) is 11.2 Å². The lowest BCUT2D eigenvalue weighted by atomic mass is 10.1. The number of nitrogens with two attached hydrogens (primary N) is 1. The smallest absolute Gasteiger partial charge is 0.237 e. The standard InChI is InChI=1S/C17H25N3O/c1-19(16-7-6-13-4-2-3-5-15(13)16)17(21)12-20-10-8-14(18)9-11-20/h2-5,14,16H,6-12,18H2,1H3. The Balaban J connectivity index is 1.61. The zero-order valence-electron chi connectivity index (χ0n) is 12.8. The highest BCUT2D eigenvalue weighted by Gasteiger charge is 2.29. The van der Waals surface area contributed by atoms with Crippen molar-refractivity contribution in [2.45, 2.75) is 37.8 Å². The molecule has 4 heteroatoms. The molecule has 0 bridgehead atoms. The third-order valence-corrected chi connectivity index (χ3v) is 4.95. The minimum atomic E-state index is 0.229. The Labute approximate surface area is 126 Å². The molecule has 1 saturated heterocycles. The number of carbonyl (C=O) groups excluding carboxylic acids is 1.